The standard InChI is InChI=1S/C18H17F2N3/c1-18(2,3)12-8-16(14-5-4-13(19)10-15(14)20)22-17(9-12)23-7-6-21-11-23/h4-11H,1-3H3. The Morgan fingerprint density at radius 1 is 1.04 bits per heavy atom. The van der Waals surface area contributed by atoms with Crippen LogP contribution in [-0.2, 0) is 5.41 Å². The summed E-state index contributed by atoms with van der Waals surface area (Å²) in [5, 5.41) is 0. The van der Waals surface area contributed by atoms with E-state index in [0.29, 0.717) is 11.5 Å². The van der Waals surface area contributed by atoms with Crippen molar-refractivity contribution in [1.29, 1.82) is 0 Å². The normalized spacial score (nSPS) is 11.7. The van der Waals surface area contributed by atoms with Crippen molar-refractivity contribution in [3.8, 4) is 17.1 Å². The quantitative estimate of drug-likeness (QED) is 0.697. The highest BCUT2D eigenvalue weighted by atomic mass is 19.1. The van der Waals surface area contributed by atoms with Gasteiger partial charge in [0, 0.05) is 24.0 Å². The molecule has 3 rings (SSSR count). The Morgan fingerprint density at radius 3 is 2.43 bits per heavy atom. The lowest BCUT2D eigenvalue weighted by Crippen LogP contribution is -2.13. The van der Waals surface area contributed by atoms with Gasteiger partial charge in [-0.2, -0.15) is 0 Å². The minimum Gasteiger partial charge on any atom is -0.291 e. The highest BCUT2D eigenvalue weighted by Crippen LogP contribution is 2.29. The molecule has 0 unspecified atom stereocenters. The number of pyridine rings is 1. The Bertz CT molecular complexity index is 834. The monoisotopic (exact) mass is 313 g/mol. The Morgan fingerprint density at radius 2 is 1.83 bits per heavy atom. The van der Waals surface area contributed by atoms with Crippen molar-refractivity contribution >= 4 is 0 Å². The fourth-order valence-corrected chi connectivity index (χ4v) is 2.31. The lowest BCUT2D eigenvalue weighted by atomic mass is 9.86. The molecular formula is C18H17F2N3. The smallest absolute Gasteiger partial charge is 0.138 e. The molecule has 0 atom stereocenters. The molecule has 5 heteroatoms. The number of halogens is 2. The van der Waals surface area contributed by atoms with Crippen molar-refractivity contribution in [2.45, 2.75) is 26.2 Å². The van der Waals surface area contributed by atoms with Gasteiger partial charge in [-0.05, 0) is 35.2 Å². The maximum atomic E-state index is 14.1. The molecule has 0 amide bonds. The SMILES string of the molecule is CC(C)(C)c1cc(-c2ccc(F)cc2F)nc(-n2ccnc2)c1. The second-order valence-corrected chi connectivity index (χ2v) is 6.44. The van der Waals surface area contributed by atoms with Crippen molar-refractivity contribution in [3.05, 3.63) is 66.3 Å². The van der Waals surface area contributed by atoms with Crippen molar-refractivity contribution < 1.29 is 8.78 Å². The molecule has 3 nitrogen and oxygen atoms in total. The molecule has 23 heavy (non-hydrogen) atoms. The molecule has 0 aliphatic carbocycles. The van der Waals surface area contributed by atoms with E-state index in [1.165, 1.54) is 12.1 Å². The van der Waals surface area contributed by atoms with Gasteiger partial charge >= 0.3 is 0 Å². The van der Waals surface area contributed by atoms with Gasteiger partial charge in [0.1, 0.15) is 23.8 Å². The molecule has 2 heterocycles. The number of hydrogen-bond donors (Lipinski definition) is 0. The van der Waals surface area contributed by atoms with Gasteiger partial charge in [0.25, 0.3) is 0 Å². The third-order valence-electron chi connectivity index (χ3n) is 3.65. The first-order valence-electron chi connectivity index (χ1n) is 7.31. The van der Waals surface area contributed by atoms with Crippen LogP contribution in [0.4, 0.5) is 8.78 Å². The molecule has 0 saturated heterocycles. The van der Waals surface area contributed by atoms with Crippen molar-refractivity contribution in [2.24, 2.45) is 0 Å². The van der Waals surface area contributed by atoms with Crippen molar-refractivity contribution in [3.63, 3.8) is 0 Å². The second kappa shape index (κ2) is 5.57. The van der Waals surface area contributed by atoms with Gasteiger partial charge < -0.3 is 0 Å². The van der Waals surface area contributed by atoms with Crippen LogP contribution < -0.4 is 0 Å². The molecule has 1 aromatic carbocycles. The molecule has 0 saturated carbocycles. The third-order valence-corrected chi connectivity index (χ3v) is 3.65. The summed E-state index contributed by atoms with van der Waals surface area (Å²) in [6.45, 7) is 6.22. The van der Waals surface area contributed by atoms with E-state index in [9.17, 15) is 8.78 Å². The van der Waals surface area contributed by atoms with Crippen molar-refractivity contribution in [2.75, 3.05) is 0 Å². The van der Waals surface area contributed by atoms with E-state index in [2.05, 4.69) is 30.7 Å². The lowest BCUT2D eigenvalue weighted by molar-refractivity contribution is 0.582. The Kier molecular flexibility index (Phi) is 3.72. The van der Waals surface area contributed by atoms with Crippen LogP contribution in [0.3, 0.4) is 0 Å². The zero-order valence-electron chi connectivity index (χ0n) is 13.2. The molecule has 0 bridgehead atoms. The average Bonchev–Trinajstić information content (AvgIpc) is 3.00. The summed E-state index contributed by atoms with van der Waals surface area (Å²) in [5.41, 5.74) is 1.62. The van der Waals surface area contributed by atoms with Crippen LogP contribution in [0.5, 0.6) is 0 Å². The van der Waals surface area contributed by atoms with E-state index in [1.54, 1.807) is 23.3 Å². The summed E-state index contributed by atoms with van der Waals surface area (Å²) in [6.07, 6.45) is 5.07. The molecule has 0 fully saturated rings. The molecule has 0 aliphatic heterocycles. The van der Waals surface area contributed by atoms with Gasteiger partial charge in [0.05, 0.1) is 5.69 Å². The molecule has 0 radical (unpaired) electrons. The molecule has 0 aliphatic rings. The molecule has 0 N–H and O–H groups in total. The number of rotatable bonds is 2. The van der Waals surface area contributed by atoms with E-state index in [1.807, 2.05) is 12.1 Å². The third kappa shape index (κ3) is 3.13. The van der Waals surface area contributed by atoms with E-state index >= 15 is 0 Å². The van der Waals surface area contributed by atoms with Crippen LogP contribution >= 0.6 is 0 Å². The van der Waals surface area contributed by atoms with Crippen LogP contribution in [0, 0.1) is 11.6 Å². The van der Waals surface area contributed by atoms with Gasteiger partial charge in [-0.25, -0.2) is 18.7 Å². The summed E-state index contributed by atoms with van der Waals surface area (Å²) in [4.78, 5) is 8.53. The largest absolute Gasteiger partial charge is 0.291 e. The fraction of sp³-hybridized carbons (Fsp3) is 0.222. The second-order valence-electron chi connectivity index (χ2n) is 6.44. The number of hydrogen-bond acceptors (Lipinski definition) is 2. The zero-order chi connectivity index (χ0) is 16.6. The minimum atomic E-state index is -0.625. The zero-order valence-corrected chi connectivity index (χ0v) is 13.2. The minimum absolute atomic E-state index is 0.135. The van der Waals surface area contributed by atoms with Crippen LogP contribution in [0.15, 0.2) is 49.1 Å². The van der Waals surface area contributed by atoms with Crippen molar-refractivity contribution in [1.82, 2.24) is 14.5 Å². The Labute approximate surface area is 133 Å². The maximum Gasteiger partial charge on any atom is 0.138 e. The lowest BCUT2D eigenvalue weighted by Gasteiger charge is -2.21. The molecular weight excluding hydrogens is 296 g/mol. The van der Waals surface area contributed by atoms with E-state index in [-0.39, 0.29) is 11.0 Å². The fourth-order valence-electron chi connectivity index (χ4n) is 2.31. The summed E-state index contributed by atoms with van der Waals surface area (Å²) in [5.74, 6) is -0.582. The first kappa shape index (κ1) is 15.3. The summed E-state index contributed by atoms with van der Waals surface area (Å²) in [6, 6.07) is 7.32. The highest BCUT2D eigenvalue weighted by Gasteiger charge is 2.18. The topological polar surface area (TPSA) is 30.7 Å². The number of benzene rings is 1. The van der Waals surface area contributed by atoms with E-state index < -0.39 is 11.6 Å². The molecule has 118 valence electrons. The predicted molar refractivity (Wildman–Crippen MR) is 85.4 cm³/mol. The summed E-state index contributed by atoms with van der Waals surface area (Å²) < 4.78 is 29.1. The summed E-state index contributed by atoms with van der Waals surface area (Å²) in [7, 11) is 0. The van der Waals surface area contributed by atoms with Crippen LogP contribution in [-0.4, -0.2) is 14.5 Å². The van der Waals surface area contributed by atoms with E-state index in [0.717, 1.165) is 11.6 Å². The molecule has 3 aromatic rings. The van der Waals surface area contributed by atoms with E-state index in [4.69, 9.17) is 0 Å². The predicted octanol–water partition coefficient (Wildman–Crippen LogP) is 4.51. The van der Waals surface area contributed by atoms with Gasteiger partial charge in [0.2, 0.25) is 0 Å². The van der Waals surface area contributed by atoms with Gasteiger partial charge in [-0.15, -0.1) is 0 Å². The number of aromatic nitrogens is 3. The number of imidazole rings is 1. The Balaban J connectivity index is 2.22. The first-order chi connectivity index (χ1) is 10.8. The highest BCUT2D eigenvalue weighted by molar-refractivity contribution is 5.62. The number of nitrogens with zero attached hydrogens (tertiary/aromatic N) is 3. The maximum absolute atomic E-state index is 14.1. The van der Waals surface area contributed by atoms with Crippen LogP contribution in [0.1, 0.15) is 26.3 Å². The van der Waals surface area contributed by atoms with Crippen LogP contribution in [0.2, 0.25) is 0 Å². The summed E-state index contributed by atoms with van der Waals surface area (Å²) >= 11 is 0. The van der Waals surface area contributed by atoms with Crippen LogP contribution in [0.25, 0.3) is 17.1 Å². The average molecular weight is 313 g/mol. The van der Waals surface area contributed by atoms with Gasteiger partial charge in [-0.3, -0.25) is 4.57 Å². The molecule has 0 spiro atoms. The van der Waals surface area contributed by atoms with Gasteiger partial charge in [0.15, 0.2) is 0 Å². The Hall–Kier alpha value is -2.56. The molecule has 2 aromatic heterocycles. The van der Waals surface area contributed by atoms with Gasteiger partial charge in [-0.1, -0.05) is 20.8 Å². The first-order valence-corrected chi connectivity index (χ1v) is 7.31.